The van der Waals surface area contributed by atoms with Crippen LogP contribution in [0.15, 0.2) is 16.8 Å². The molecule has 1 amide bonds. The van der Waals surface area contributed by atoms with E-state index in [0.29, 0.717) is 29.2 Å². The molecule has 2 aromatic rings. The number of hydrogen-bond acceptors (Lipinski definition) is 4. The van der Waals surface area contributed by atoms with Crippen LogP contribution in [0, 0.1) is 4.91 Å². The van der Waals surface area contributed by atoms with Gasteiger partial charge in [0.05, 0.1) is 0 Å². The molecule has 1 fully saturated rings. The van der Waals surface area contributed by atoms with Gasteiger partial charge in [-0.3, -0.25) is 4.90 Å². The van der Waals surface area contributed by atoms with Gasteiger partial charge in [0.2, 0.25) is 5.52 Å². The lowest BCUT2D eigenvalue weighted by atomic mass is 9.87. The molecule has 2 heterocycles. The van der Waals surface area contributed by atoms with Gasteiger partial charge >= 0.3 is 6.09 Å². The summed E-state index contributed by atoms with van der Waals surface area (Å²) in [4.78, 5) is 26.4. The highest BCUT2D eigenvalue weighted by Gasteiger charge is 2.29. The molecule has 0 spiro atoms. The zero-order valence-electron chi connectivity index (χ0n) is 12.7. The van der Waals surface area contributed by atoms with Crippen molar-refractivity contribution in [3.05, 3.63) is 28.2 Å². The molecule has 1 aromatic carbocycles. The summed E-state index contributed by atoms with van der Waals surface area (Å²) >= 11 is 0. The van der Waals surface area contributed by atoms with Crippen molar-refractivity contribution in [1.82, 2.24) is 15.0 Å². The third kappa shape index (κ3) is 2.48. The highest BCUT2D eigenvalue weighted by molar-refractivity contribution is 5.72. The number of amides is 1. The Hall–Kier alpha value is -2.35. The van der Waals surface area contributed by atoms with Crippen molar-refractivity contribution in [3.8, 4) is 0 Å². The van der Waals surface area contributed by atoms with Gasteiger partial charge in [-0.1, -0.05) is 9.79 Å². The van der Waals surface area contributed by atoms with Crippen molar-refractivity contribution in [2.45, 2.75) is 25.3 Å². The van der Waals surface area contributed by atoms with Gasteiger partial charge in [0, 0.05) is 38.3 Å². The number of H-pyrrole nitrogens is 1. The molecule has 23 heavy (non-hydrogen) atoms. The molecule has 1 aromatic heterocycles. The number of carboxylic acid groups (broad SMARTS) is 1. The minimum atomic E-state index is -0.831. The summed E-state index contributed by atoms with van der Waals surface area (Å²) in [7, 11) is 0. The zero-order chi connectivity index (χ0) is 16.0. The van der Waals surface area contributed by atoms with E-state index in [1.165, 1.54) is 16.0 Å². The Kier molecular flexibility index (Phi) is 3.33. The maximum Gasteiger partial charge on any atom is 0.407 e. The predicted molar refractivity (Wildman–Crippen MR) is 80.9 cm³/mol. The number of hydrogen-bond donors (Lipinski definition) is 2. The Bertz CT molecular complexity index is 803. The van der Waals surface area contributed by atoms with Crippen LogP contribution in [0.2, 0.25) is 0 Å². The van der Waals surface area contributed by atoms with Gasteiger partial charge in [-0.05, 0) is 41.4 Å². The van der Waals surface area contributed by atoms with E-state index in [2.05, 4.69) is 10.1 Å². The molecule has 1 aliphatic heterocycles. The van der Waals surface area contributed by atoms with E-state index in [1.807, 2.05) is 12.1 Å². The standard InChI is InChI=1S/C15H18N4O4/c20-15(21)18-5-3-17(4-6-18)12-2-1-10-9-14-13(8-11(10)7-12)16-23-19(14)22/h8-9,12H,1-7H2,(H-,16,20,21,22)/p+1. The molecule has 1 aliphatic carbocycles. The topological polar surface area (TPSA) is 95.7 Å². The molecular weight excluding hydrogens is 300 g/mol. The molecule has 1 saturated heterocycles. The average Bonchev–Trinajstić information content (AvgIpc) is 2.93. The maximum absolute atomic E-state index is 11.5. The molecule has 2 aliphatic rings. The highest BCUT2D eigenvalue weighted by atomic mass is 16.7. The number of carbonyl (C=O) groups is 1. The molecule has 8 nitrogen and oxygen atoms in total. The second-order valence-electron chi connectivity index (χ2n) is 6.29. The van der Waals surface area contributed by atoms with Gasteiger partial charge in [-0.15, -0.1) is 0 Å². The number of aromatic amines is 1. The van der Waals surface area contributed by atoms with Crippen molar-refractivity contribution in [2.24, 2.45) is 0 Å². The van der Waals surface area contributed by atoms with Crippen LogP contribution < -0.4 is 4.60 Å². The van der Waals surface area contributed by atoms with Gasteiger partial charge in [-0.25, -0.2) is 4.79 Å². The molecule has 4 rings (SSSR count). The summed E-state index contributed by atoms with van der Waals surface area (Å²) in [6, 6.07) is 4.35. The number of rotatable bonds is 1. The van der Waals surface area contributed by atoms with Gasteiger partial charge in [0.25, 0.3) is 5.52 Å². The molecule has 8 heteroatoms. The Balaban J connectivity index is 1.51. The van der Waals surface area contributed by atoms with Crippen LogP contribution in [0.3, 0.4) is 0 Å². The van der Waals surface area contributed by atoms with Crippen LogP contribution >= 0.6 is 0 Å². The molecular formula is C15H19N4O4+. The molecule has 1 atom stereocenters. The van der Waals surface area contributed by atoms with Crippen LogP contribution in [0.4, 0.5) is 4.79 Å². The second kappa shape index (κ2) is 5.38. The zero-order valence-corrected chi connectivity index (χ0v) is 12.7. The molecule has 2 N–H and O–H groups in total. The van der Waals surface area contributed by atoms with E-state index in [0.717, 1.165) is 37.9 Å². The number of nitrogens with one attached hydrogen (secondary N) is 1. The Morgan fingerprint density at radius 2 is 2.04 bits per heavy atom. The summed E-state index contributed by atoms with van der Waals surface area (Å²) in [6.45, 7) is 2.71. The first-order valence-corrected chi connectivity index (χ1v) is 7.90. The van der Waals surface area contributed by atoms with Gasteiger partial charge < -0.3 is 10.0 Å². The first-order valence-electron chi connectivity index (χ1n) is 7.90. The average molecular weight is 319 g/mol. The highest BCUT2D eigenvalue weighted by Crippen LogP contribution is 2.27. The van der Waals surface area contributed by atoms with E-state index in [9.17, 15) is 9.70 Å². The lowest BCUT2D eigenvalue weighted by Crippen LogP contribution is -2.52. The fourth-order valence-corrected chi connectivity index (χ4v) is 3.74. The van der Waals surface area contributed by atoms with Crippen molar-refractivity contribution in [2.75, 3.05) is 26.2 Å². The fraction of sp³-hybridized carbons (Fsp3) is 0.533. The van der Waals surface area contributed by atoms with Crippen LogP contribution in [0.25, 0.3) is 11.0 Å². The number of aromatic nitrogens is 2. The minimum Gasteiger partial charge on any atom is -0.465 e. The Morgan fingerprint density at radius 3 is 2.78 bits per heavy atom. The Labute approximate surface area is 131 Å². The van der Waals surface area contributed by atoms with E-state index < -0.39 is 6.09 Å². The van der Waals surface area contributed by atoms with Crippen molar-refractivity contribution in [3.63, 3.8) is 0 Å². The summed E-state index contributed by atoms with van der Waals surface area (Å²) in [6.07, 6.45) is 2.06. The maximum atomic E-state index is 11.5. The lowest BCUT2D eigenvalue weighted by Gasteiger charge is -2.40. The molecule has 0 saturated carbocycles. The first kappa shape index (κ1) is 14.3. The quantitative estimate of drug-likeness (QED) is 0.811. The van der Waals surface area contributed by atoms with E-state index in [1.54, 1.807) is 0 Å². The molecule has 1 unspecified atom stereocenters. The van der Waals surface area contributed by atoms with Gasteiger partial charge in [-0.2, -0.15) is 0 Å². The SMILES string of the molecule is O=C(O)N1CCN(C2CCc3cc4c(cc3C2)[nH]o[n+]4=O)CC1. The number of piperazine rings is 1. The number of fused-ring (bicyclic) bond motifs is 2. The van der Waals surface area contributed by atoms with E-state index >= 15 is 0 Å². The predicted octanol–water partition coefficient (Wildman–Crippen LogP) is 0.828. The number of nitrogens with zero attached hydrogens (tertiary/aromatic N) is 3. The summed E-state index contributed by atoms with van der Waals surface area (Å²) in [5.74, 6) is 0. The van der Waals surface area contributed by atoms with E-state index in [-0.39, 0.29) is 0 Å². The summed E-state index contributed by atoms with van der Waals surface area (Å²) < 4.78 is 5.28. The minimum absolute atomic E-state index is 0.433. The third-order valence-electron chi connectivity index (χ3n) is 5.06. The van der Waals surface area contributed by atoms with E-state index in [4.69, 9.17) is 9.74 Å². The lowest BCUT2D eigenvalue weighted by molar-refractivity contribution is -0.692. The van der Waals surface area contributed by atoms with Crippen molar-refractivity contribution in [1.29, 1.82) is 0 Å². The molecule has 122 valence electrons. The van der Waals surface area contributed by atoms with Crippen LogP contribution in [-0.4, -0.2) is 58.4 Å². The van der Waals surface area contributed by atoms with Crippen LogP contribution in [0.1, 0.15) is 17.5 Å². The smallest absolute Gasteiger partial charge is 0.407 e. The second-order valence-corrected chi connectivity index (χ2v) is 6.29. The monoisotopic (exact) mass is 319 g/mol. The van der Waals surface area contributed by atoms with Crippen molar-refractivity contribution < 1.29 is 19.1 Å². The summed E-state index contributed by atoms with van der Waals surface area (Å²) in [5.41, 5.74) is 3.71. The normalized spacial score (nSPS) is 22.3. The number of aryl methyl sites for hydroxylation is 1. The Morgan fingerprint density at radius 1 is 1.26 bits per heavy atom. The first-order chi connectivity index (χ1) is 11.1. The molecule has 0 bridgehead atoms. The largest absolute Gasteiger partial charge is 0.465 e. The summed E-state index contributed by atoms with van der Waals surface area (Å²) in [5, 5.41) is 11.7. The molecule has 0 radical (unpaired) electrons. The fourth-order valence-electron chi connectivity index (χ4n) is 3.74. The van der Waals surface area contributed by atoms with Crippen molar-refractivity contribution >= 4 is 17.1 Å². The van der Waals surface area contributed by atoms with Crippen LogP contribution in [-0.2, 0) is 12.8 Å². The number of benzene rings is 1. The third-order valence-corrected chi connectivity index (χ3v) is 5.06. The van der Waals surface area contributed by atoms with Gasteiger partial charge in [0.1, 0.15) is 0 Å². The van der Waals surface area contributed by atoms with Crippen LogP contribution in [0.5, 0.6) is 0 Å². The van der Waals surface area contributed by atoms with Gasteiger partial charge in [0.15, 0.2) is 4.60 Å².